The highest BCUT2D eigenvalue weighted by Gasteiger charge is 2.44. The summed E-state index contributed by atoms with van der Waals surface area (Å²) < 4.78 is 40.1. The molecule has 1 fully saturated rings. The average molecular weight is 1570 g/mol. The number of nitrogens with one attached hydrogen (secondary N) is 6. The number of benzene rings is 4. The van der Waals surface area contributed by atoms with Gasteiger partial charge in [-0.25, -0.2) is 4.79 Å². The quantitative estimate of drug-likeness (QED) is 0.0167. The van der Waals surface area contributed by atoms with E-state index in [1.54, 1.807) is 99.7 Å². The summed E-state index contributed by atoms with van der Waals surface area (Å²) in [6.45, 7) is 22.6. The number of methoxy groups -OCH3 is 2. The molecule has 113 heavy (non-hydrogen) atoms. The fourth-order valence-electron chi connectivity index (χ4n) is 13.9. The number of likely N-dealkylation sites (N-methyl/N-ethyl adjacent to an activating group) is 2. The number of ether oxygens (including phenoxy) is 7. The molecule has 0 spiro atoms. The summed E-state index contributed by atoms with van der Waals surface area (Å²) in [5, 5.41) is 27.9. The van der Waals surface area contributed by atoms with Crippen molar-refractivity contribution in [1.82, 2.24) is 41.3 Å². The highest BCUT2D eigenvalue weighted by molar-refractivity contribution is 5.99. The van der Waals surface area contributed by atoms with Crippen molar-refractivity contribution in [3.05, 3.63) is 131 Å². The lowest BCUT2D eigenvalue weighted by molar-refractivity contribution is -0.148. The predicted octanol–water partition coefficient (Wildman–Crippen LogP) is 7.46. The van der Waals surface area contributed by atoms with Crippen LogP contribution in [0.2, 0.25) is 0 Å². The number of hydrogen-bond acceptors (Lipinski definition) is 18. The number of nitrogens with zero attached hydrogens (tertiary/aromatic N) is 4. The van der Waals surface area contributed by atoms with Gasteiger partial charge in [-0.2, -0.15) is 0 Å². The number of fused-ring (bicyclic) bond motifs is 2. The molecular weight excluding hydrogens is 1450 g/mol. The average Bonchev–Trinajstić information content (AvgIpc) is 1.76. The zero-order valence-electron chi connectivity index (χ0n) is 68.6. The van der Waals surface area contributed by atoms with Gasteiger partial charge in [-0.15, -0.1) is 0 Å². The van der Waals surface area contributed by atoms with E-state index in [1.165, 1.54) is 33.1 Å². The minimum atomic E-state index is -1.07. The van der Waals surface area contributed by atoms with Gasteiger partial charge < -0.3 is 84.9 Å². The highest BCUT2D eigenvalue weighted by Crippen LogP contribution is 2.32. The van der Waals surface area contributed by atoms with Gasteiger partial charge in [-0.05, 0) is 97.4 Å². The van der Waals surface area contributed by atoms with Crippen molar-refractivity contribution >= 4 is 70.6 Å². The lowest BCUT2D eigenvalue weighted by Gasteiger charge is -2.41. The van der Waals surface area contributed by atoms with Gasteiger partial charge in [0.25, 0.3) is 0 Å². The number of hydrogen-bond donors (Lipinski definition) is 7. The lowest BCUT2D eigenvalue weighted by Crippen LogP contribution is -2.60. The molecule has 28 nitrogen and oxygen atoms in total. The van der Waals surface area contributed by atoms with E-state index in [-0.39, 0.29) is 101 Å². The predicted molar refractivity (Wildman–Crippen MR) is 428 cm³/mol. The number of anilines is 2. The van der Waals surface area contributed by atoms with Crippen molar-refractivity contribution in [2.45, 2.75) is 195 Å². The van der Waals surface area contributed by atoms with Gasteiger partial charge in [0, 0.05) is 77.5 Å². The van der Waals surface area contributed by atoms with Gasteiger partial charge in [0.1, 0.15) is 30.8 Å². The fraction of sp³-hybridized carbons (Fsp3) is 0.576. The molecule has 4 aromatic carbocycles. The fourth-order valence-corrected chi connectivity index (χ4v) is 13.9. The molecule has 28 heteroatoms. The maximum atomic E-state index is 14.8. The Morgan fingerprint density at radius 1 is 0.584 bits per heavy atom. The van der Waals surface area contributed by atoms with Crippen LogP contribution in [0.1, 0.15) is 155 Å². The number of rotatable bonds is 46. The zero-order valence-corrected chi connectivity index (χ0v) is 68.6. The Labute approximate surface area is 666 Å². The van der Waals surface area contributed by atoms with E-state index in [0.29, 0.717) is 75.6 Å². The number of carbonyl (C=O) groups excluding carboxylic acids is 10. The second-order valence-electron chi connectivity index (χ2n) is 30.0. The Morgan fingerprint density at radius 3 is 1.81 bits per heavy atom. The van der Waals surface area contributed by atoms with Crippen LogP contribution >= 0.6 is 0 Å². The smallest absolute Gasteiger partial charge is 0.410 e. The highest BCUT2D eigenvalue weighted by atomic mass is 16.6. The molecule has 0 bridgehead atoms. The van der Waals surface area contributed by atoms with Crippen LogP contribution in [0, 0.1) is 41.4 Å². The van der Waals surface area contributed by atoms with Crippen molar-refractivity contribution < 1.29 is 86.2 Å². The number of aliphatic hydroxyl groups excluding tert-OH is 1. The van der Waals surface area contributed by atoms with E-state index >= 15 is 0 Å². The molecule has 0 aliphatic carbocycles. The second kappa shape index (κ2) is 47.4. The van der Waals surface area contributed by atoms with Gasteiger partial charge in [0.05, 0.1) is 114 Å². The van der Waals surface area contributed by atoms with E-state index in [9.17, 15) is 53.1 Å². The van der Waals surface area contributed by atoms with Crippen LogP contribution in [0.15, 0.2) is 103 Å². The molecule has 12 atom stereocenters. The molecule has 10 amide bonds. The Kier molecular flexibility index (Phi) is 38.8. The molecule has 4 aromatic rings. The molecule has 2 heterocycles. The van der Waals surface area contributed by atoms with Gasteiger partial charge in [-0.1, -0.05) is 153 Å². The van der Waals surface area contributed by atoms with Crippen LogP contribution in [0.3, 0.4) is 0 Å². The Bertz CT molecular complexity index is 3800. The third-order valence-corrected chi connectivity index (χ3v) is 20.6. The number of aliphatic hydroxyl groups is 1. The molecule has 0 unspecified atom stereocenters. The van der Waals surface area contributed by atoms with Gasteiger partial charge in [0.15, 0.2) is 0 Å². The first-order valence-corrected chi connectivity index (χ1v) is 39.4. The molecule has 0 aromatic heterocycles. The van der Waals surface area contributed by atoms with E-state index in [1.807, 2.05) is 94.4 Å². The number of likely N-dealkylation sites (tertiary alicyclic amines) is 1. The van der Waals surface area contributed by atoms with Crippen LogP contribution in [0.4, 0.5) is 16.2 Å². The maximum absolute atomic E-state index is 14.8. The minimum Gasteiger partial charge on any atom is -0.445 e. The molecule has 2 aliphatic rings. The van der Waals surface area contributed by atoms with Crippen molar-refractivity contribution in [1.29, 1.82) is 0 Å². The zero-order chi connectivity index (χ0) is 82.8. The van der Waals surface area contributed by atoms with Gasteiger partial charge in [-0.3, -0.25) is 48.1 Å². The van der Waals surface area contributed by atoms with Crippen LogP contribution < -0.4 is 36.8 Å². The molecule has 0 saturated carbocycles. The van der Waals surface area contributed by atoms with E-state index in [4.69, 9.17) is 33.2 Å². The van der Waals surface area contributed by atoms with Gasteiger partial charge in [0.2, 0.25) is 53.2 Å². The van der Waals surface area contributed by atoms with Crippen LogP contribution in [-0.2, 0) is 89.5 Å². The summed E-state index contributed by atoms with van der Waals surface area (Å²) in [7, 11) is 6.11. The van der Waals surface area contributed by atoms with Crippen molar-refractivity contribution in [3.63, 3.8) is 0 Å². The SMILES string of the molecule is CC[C@H](C)[C@@H]([C@@H](CC(=O)N1CCC[C@H]1[C@H](OC)[C@@H](C)C(=O)N[C@H](C)[C@@H](O)c1ccccc1)OC)N(C)C(=O)[C@@H](NC(=O)[C@H](C(C)C)N(C)C(=O)OCc1ccc(NC(=O)[C@H](C)NC(=O)[C@@H](NC(=O)CCOCCOCCOCCOCCNC(=O)CCC(=O)N2Cc3ccccc3C#Cc3ccccc32)C(C)C)cc1)C(C)C. The molecule has 1 saturated heterocycles. The second-order valence-corrected chi connectivity index (χ2v) is 30.0. The maximum Gasteiger partial charge on any atom is 0.410 e. The van der Waals surface area contributed by atoms with Crippen LogP contribution in [0.25, 0.3) is 0 Å². The molecule has 2 aliphatic heterocycles. The summed E-state index contributed by atoms with van der Waals surface area (Å²) in [6.07, 6.45) is -1.31. The van der Waals surface area contributed by atoms with Crippen LogP contribution in [-0.4, -0.2) is 228 Å². The molecule has 7 N–H and O–H groups in total. The molecular formula is C85H122N10O18. The largest absolute Gasteiger partial charge is 0.445 e. The number of carbonyl (C=O) groups is 10. The molecule has 620 valence electrons. The first-order chi connectivity index (χ1) is 54.0. The van der Waals surface area contributed by atoms with Gasteiger partial charge >= 0.3 is 6.09 Å². The van der Waals surface area contributed by atoms with Crippen molar-refractivity contribution in [2.75, 3.05) is 104 Å². The summed E-state index contributed by atoms with van der Waals surface area (Å²) in [5.41, 5.74) is 4.89. The first kappa shape index (κ1) is 92.5. The summed E-state index contributed by atoms with van der Waals surface area (Å²) in [4.78, 5) is 143. The Morgan fingerprint density at radius 2 is 1.19 bits per heavy atom. The van der Waals surface area contributed by atoms with Crippen LogP contribution in [0.5, 0.6) is 0 Å². The third-order valence-electron chi connectivity index (χ3n) is 20.6. The molecule has 0 radical (unpaired) electrons. The number of para-hydroxylation sites is 1. The number of amides is 10. The monoisotopic (exact) mass is 1570 g/mol. The normalized spacial score (nSPS) is 16.1. The van der Waals surface area contributed by atoms with Crippen molar-refractivity contribution in [3.8, 4) is 11.8 Å². The van der Waals surface area contributed by atoms with E-state index in [2.05, 4.69) is 43.7 Å². The lowest BCUT2D eigenvalue weighted by atomic mass is 9.89. The standard InChI is InChI=1S/C85H122N10O18/c1-16-57(8)77(69(107-14)51-73(99)94-42-24-31-68(94)79(108-15)58(9)80(101)87-59(10)78(100)64-27-18-17-19-28-64)92(12)84(105)75(55(4)5)91-83(104)76(56(6)7)93(13)85(106)113-53-61-32-36-66(37-33-61)89-81(102)60(11)88-82(103)74(54(2)3)90-71(97)40-43-109-45-47-111-49-50-112-48-46-110-44-41-86-70(96)38-39-72(98)95-52-65-29-21-20-25-62(65)34-35-63-26-22-23-30-67(63)95/h17-23,25-30,32-33,36-37,54-60,68-69,74-79,100H,16,24,31,38-53H2,1-15H3,(H,86,96)(H,87,101)(H,88,103)(H,89,102)(H,90,97)(H,91,104)/t57-,58+,59+,60-,68-,69+,74-,75-,76-,77-,78+,79+/m0/s1. The topological polar surface area (TPSA) is 341 Å². The molecule has 6 rings (SSSR count). The summed E-state index contributed by atoms with van der Waals surface area (Å²) in [6, 6.07) is 25.1. The summed E-state index contributed by atoms with van der Waals surface area (Å²) >= 11 is 0. The van der Waals surface area contributed by atoms with Crippen molar-refractivity contribution in [2.24, 2.45) is 29.6 Å². The minimum absolute atomic E-state index is 0.0252. The summed E-state index contributed by atoms with van der Waals surface area (Å²) in [5.74, 6) is 0.902. The van der Waals surface area contributed by atoms with E-state index in [0.717, 1.165) is 22.4 Å². The Hall–Kier alpha value is -9.34. The first-order valence-electron chi connectivity index (χ1n) is 39.4. The Balaban J connectivity index is 0.851. The third kappa shape index (κ3) is 28.3. The van der Waals surface area contributed by atoms with E-state index < -0.39 is 114 Å².